The van der Waals surface area contributed by atoms with Crippen LogP contribution in [0.1, 0.15) is 25.7 Å². The van der Waals surface area contributed by atoms with Crippen LogP contribution in [0.2, 0.25) is 0 Å². The quantitative estimate of drug-likeness (QED) is 0.813. The van der Waals surface area contributed by atoms with E-state index < -0.39 is 0 Å². The first-order chi connectivity index (χ1) is 8.79. The monoisotopic (exact) mass is 242 g/mol. The zero-order chi connectivity index (χ0) is 12.2. The predicted molar refractivity (Wildman–Crippen MR) is 65.5 cm³/mol. The van der Waals surface area contributed by atoms with Gasteiger partial charge >= 0.3 is 6.03 Å². The molecule has 0 saturated heterocycles. The molecule has 0 bridgehead atoms. The number of hydrogen-bond acceptors (Lipinski definition) is 2. The van der Waals surface area contributed by atoms with Gasteiger partial charge in [-0.1, -0.05) is 28.0 Å². The van der Waals surface area contributed by atoms with Crippen LogP contribution in [0.25, 0.3) is 0 Å². The molecule has 0 spiro atoms. The minimum atomic E-state index is -0.285. The van der Waals surface area contributed by atoms with E-state index in [2.05, 4.69) is 5.32 Å². The Labute approximate surface area is 106 Å². The molecule has 0 unspecified atom stereocenters. The highest BCUT2D eigenvalue weighted by Gasteiger charge is 2.64. The highest BCUT2D eigenvalue weighted by molar-refractivity contribution is 5.70. The summed E-state index contributed by atoms with van der Waals surface area (Å²) in [5, 5.41) is 7.93. The van der Waals surface area contributed by atoms with Gasteiger partial charge in [0.15, 0.2) is 5.69 Å². The standard InChI is InChI=1S/C14H15N3O/c18-13-15-14(10-6-7-10,11-8-9-11)16-17(13)12-4-2-1-3-5-12/h1-5,10-11H,6-9H2/p+1. The van der Waals surface area contributed by atoms with Gasteiger partial charge < -0.3 is 0 Å². The van der Waals surface area contributed by atoms with Crippen molar-refractivity contribution in [2.24, 2.45) is 17.0 Å². The van der Waals surface area contributed by atoms with Crippen molar-refractivity contribution < 1.29 is 9.49 Å². The van der Waals surface area contributed by atoms with Crippen molar-refractivity contribution in [2.45, 2.75) is 31.3 Å². The molecule has 4 heteroatoms. The van der Waals surface area contributed by atoms with Crippen LogP contribution in [0.4, 0.5) is 10.5 Å². The molecule has 18 heavy (non-hydrogen) atoms. The van der Waals surface area contributed by atoms with E-state index in [1.165, 1.54) is 25.7 Å². The number of benzene rings is 1. The molecule has 0 aromatic heterocycles. The Hall–Kier alpha value is -1.71. The Balaban J connectivity index is 1.76. The number of nitrogens with zero attached hydrogens (tertiary/aromatic N) is 2. The fourth-order valence-corrected chi connectivity index (χ4v) is 2.95. The highest BCUT2D eigenvalue weighted by Crippen LogP contribution is 2.54. The largest absolute Gasteiger partial charge is 0.519 e. The highest BCUT2D eigenvalue weighted by atomic mass is 16.2. The lowest BCUT2D eigenvalue weighted by Gasteiger charge is -2.17. The minimum Gasteiger partial charge on any atom is -0.207 e. The maximum Gasteiger partial charge on any atom is 0.519 e. The zero-order valence-corrected chi connectivity index (χ0v) is 10.2. The van der Waals surface area contributed by atoms with Crippen molar-refractivity contribution >= 4 is 11.7 Å². The lowest BCUT2D eigenvalue weighted by atomic mass is 10.00. The summed E-state index contributed by atoms with van der Waals surface area (Å²) < 4.78 is 1.55. The summed E-state index contributed by atoms with van der Waals surface area (Å²) in [5.41, 5.74) is 0.575. The SMILES string of the molecule is O=C1NC(C2CC2)(C2CC2)N=[N+]1c1ccccc1. The Morgan fingerprint density at radius 1 is 1.11 bits per heavy atom. The Kier molecular flexibility index (Phi) is 1.93. The van der Waals surface area contributed by atoms with Crippen LogP contribution in [0.15, 0.2) is 35.4 Å². The van der Waals surface area contributed by atoms with Crippen molar-refractivity contribution in [1.29, 1.82) is 0 Å². The van der Waals surface area contributed by atoms with Gasteiger partial charge in [0.2, 0.25) is 5.66 Å². The van der Waals surface area contributed by atoms with Crippen LogP contribution in [0.3, 0.4) is 0 Å². The van der Waals surface area contributed by atoms with Crippen molar-refractivity contribution in [3.63, 3.8) is 0 Å². The van der Waals surface area contributed by atoms with Crippen LogP contribution >= 0.6 is 0 Å². The second kappa shape index (κ2) is 3.40. The van der Waals surface area contributed by atoms with Gasteiger partial charge in [0.1, 0.15) is 0 Å². The molecule has 1 heterocycles. The van der Waals surface area contributed by atoms with Gasteiger partial charge in [-0.25, -0.2) is 5.32 Å². The van der Waals surface area contributed by atoms with E-state index in [4.69, 9.17) is 5.11 Å². The zero-order valence-electron chi connectivity index (χ0n) is 10.2. The first-order valence-electron chi connectivity index (χ1n) is 6.70. The van der Waals surface area contributed by atoms with Crippen LogP contribution in [-0.4, -0.2) is 16.4 Å². The van der Waals surface area contributed by atoms with Gasteiger partial charge in [0, 0.05) is 11.8 Å². The average Bonchev–Trinajstić information content (AvgIpc) is 3.28. The van der Waals surface area contributed by atoms with Gasteiger partial charge in [-0.05, 0) is 37.8 Å². The Bertz CT molecular complexity index is 517. The number of azo groups is 2. The number of carbonyl (C=O) groups is 1. The molecule has 92 valence electrons. The lowest BCUT2D eigenvalue weighted by Crippen LogP contribution is -2.46. The lowest BCUT2D eigenvalue weighted by molar-refractivity contribution is -0.404. The molecule has 0 radical (unpaired) electrons. The van der Waals surface area contributed by atoms with Crippen molar-refractivity contribution in [3.05, 3.63) is 30.3 Å². The normalized spacial score (nSPS) is 25.8. The first kappa shape index (κ1) is 10.2. The number of nitrogens with one attached hydrogen (secondary N) is 1. The van der Waals surface area contributed by atoms with Gasteiger partial charge in [-0.15, -0.1) is 0 Å². The van der Waals surface area contributed by atoms with Crippen LogP contribution in [0.5, 0.6) is 0 Å². The van der Waals surface area contributed by atoms with E-state index in [0.29, 0.717) is 11.8 Å². The molecule has 1 aromatic rings. The van der Waals surface area contributed by atoms with Gasteiger partial charge in [0.05, 0.1) is 0 Å². The summed E-state index contributed by atoms with van der Waals surface area (Å²) in [7, 11) is 0. The number of carbonyl (C=O) groups excluding carboxylic acids is 1. The fourth-order valence-electron chi connectivity index (χ4n) is 2.95. The van der Waals surface area contributed by atoms with E-state index in [9.17, 15) is 4.79 Å². The smallest absolute Gasteiger partial charge is 0.207 e. The van der Waals surface area contributed by atoms with Gasteiger partial charge in [-0.3, -0.25) is 0 Å². The van der Waals surface area contributed by atoms with Crippen LogP contribution in [-0.2, 0) is 0 Å². The third kappa shape index (κ3) is 1.41. The summed E-state index contributed by atoms with van der Waals surface area (Å²) in [6, 6.07) is 9.61. The number of rotatable bonds is 3. The van der Waals surface area contributed by atoms with Crippen molar-refractivity contribution in [3.8, 4) is 0 Å². The van der Waals surface area contributed by atoms with E-state index in [1.54, 1.807) is 4.70 Å². The summed E-state index contributed by atoms with van der Waals surface area (Å²) in [6.07, 6.45) is 4.79. The van der Waals surface area contributed by atoms with Gasteiger partial charge in [0.25, 0.3) is 0 Å². The van der Waals surface area contributed by atoms with Crippen LogP contribution < -0.4 is 5.32 Å². The maximum absolute atomic E-state index is 12.2. The van der Waals surface area contributed by atoms with Crippen molar-refractivity contribution in [1.82, 2.24) is 5.32 Å². The van der Waals surface area contributed by atoms with E-state index in [-0.39, 0.29) is 11.7 Å². The summed E-state index contributed by atoms with van der Waals surface area (Å²) in [4.78, 5) is 12.2. The minimum absolute atomic E-state index is 0.0694. The Morgan fingerprint density at radius 3 is 2.28 bits per heavy atom. The molecule has 1 N–H and O–H groups in total. The number of amides is 2. The molecule has 2 aliphatic carbocycles. The number of para-hydroxylation sites is 1. The molecular formula is C14H16N3O+. The second-order valence-electron chi connectivity index (χ2n) is 5.55. The molecule has 2 amide bonds. The van der Waals surface area contributed by atoms with Crippen molar-refractivity contribution in [2.75, 3.05) is 0 Å². The predicted octanol–water partition coefficient (Wildman–Crippen LogP) is 3.02. The second-order valence-corrected chi connectivity index (χ2v) is 5.55. The molecule has 4 rings (SSSR count). The molecule has 1 aliphatic heterocycles. The molecule has 4 nitrogen and oxygen atoms in total. The number of urea groups is 1. The topological polar surface area (TPSA) is 44.5 Å². The van der Waals surface area contributed by atoms with Gasteiger partial charge in [-0.2, -0.15) is 4.79 Å². The summed E-state index contributed by atoms with van der Waals surface area (Å²) in [5.74, 6) is 1.12. The molecule has 3 aliphatic rings. The van der Waals surface area contributed by atoms with E-state index in [0.717, 1.165) is 5.69 Å². The maximum atomic E-state index is 12.2. The Morgan fingerprint density at radius 2 is 1.72 bits per heavy atom. The summed E-state index contributed by atoms with van der Waals surface area (Å²) >= 11 is 0. The molecule has 2 saturated carbocycles. The first-order valence-corrected chi connectivity index (χ1v) is 6.70. The molecule has 0 atom stereocenters. The third-order valence-corrected chi connectivity index (χ3v) is 4.17. The third-order valence-electron chi connectivity index (χ3n) is 4.17. The van der Waals surface area contributed by atoms with E-state index in [1.807, 2.05) is 30.3 Å². The summed E-state index contributed by atoms with van der Waals surface area (Å²) in [6.45, 7) is 0. The number of hydrogen-bond donors (Lipinski definition) is 1. The fraction of sp³-hybridized carbons (Fsp3) is 0.500. The molecule has 2 fully saturated rings. The van der Waals surface area contributed by atoms with Crippen LogP contribution in [0, 0.1) is 11.8 Å². The molecule has 1 aromatic carbocycles. The molecular weight excluding hydrogens is 226 g/mol. The van der Waals surface area contributed by atoms with E-state index >= 15 is 0 Å². The average molecular weight is 242 g/mol.